The van der Waals surface area contributed by atoms with Crippen LogP contribution in [0, 0.1) is 0 Å². The average molecular weight is 156 g/mol. The predicted molar refractivity (Wildman–Crippen MR) is 33.7 cm³/mol. The van der Waals surface area contributed by atoms with Gasteiger partial charge in [-0.25, -0.2) is 0 Å². The Morgan fingerprint density at radius 3 is 2.50 bits per heavy atom. The van der Waals surface area contributed by atoms with Crippen LogP contribution in [0.2, 0.25) is 0 Å². The second-order valence-corrected chi connectivity index (χ2v) is 2.80. The topological polar surface area (TPSA) is 40.1 Å². The summed E-state index contributed by atoms with van der Waals surface area (Å²) in [7, 11) is 0. The Morgan fingerprint density at radius 2 is 2.12 bits per heavy atom. The van der Waals surface area contributed by atoms with Gasteiger partial charge in [0.25, 0.3) is 0 Å². The summed E-state index contributed by atoms with van der Waals surface area (Å²) < 4.78 is 19.7. The van der Waals surface area contributed by atoms with Gasteiger partial charge in [-0.2, -0.15) is 0 Å². The van der Waals surface area contributed by atoms with Crippen LogP contribution >= 0.6 is 11.6 Å². The molecule has 0 aliphatic rings. The van der Waals surface area contributed by atoms with Crippen LogP contribution in [-0.2, 0) is 11.1 Å². The molecule has 50 valence electrons. The fourth-order valence-electron chi connectivity index (χ4n) is 0.314. The van der Waals surface area contributed by atoms with E-state index in [4.69, 9.17) is 11.6 Å². The molecule has 0 aromatic rings. The van der Waals surface area contributed by atoms with Crippen molar-refractivity contribution in [1.29, 1.82) is 0 Å². The molecule has 0 bridgehead atoms. The van der Waals surface area contributed by atoms with Gasteiger partial charge in [-0.1, -0.05) is 11.1 Å². The second kappa shape index (κ2) is 5.54. The summed E-state index contributed by atoms with van der Waals surface area (Å²) in [5.41, 5.74) is 0. The maximum atomic E-state index is 9.83. The predicted octanol–water partition coefficient (Wildman–Crippen LogP) is 0.885. The third-order valence-corrected chi connectivity index (χ3v) is 1.58. The van der Waals surface area contributed by atoms with Gasteiger partial charge in [-0.05, 0) is 12.8 Å². The molecule has 0 saturated carbocycles. The zero-order chi connectivity index (χ0) is 6.41. The van der Waals surface area contributed by atoms with Crippen molar-refractivity contribution in [3.8, 4) is 0 Å². The minimum absolute atomic E-state index is 0.243. The lowest BCUT2D eigenvalue weighted by Crippen LogP contribution is -1.94. The Kier molecular flexibility index (Phi) is 5.81. The Balaban J connectivity index is 2.82. The maximum absolute atomic E-state index is 9.83. The van der Waals surface area contributed by atoms with Crippen LogP contribution in [0.15, 0.2) is 0 Å². The van der Waals surface area contributed by atoms with Gasteiger partial charge >= 0.3 is 0 Å². The van der Waals surface area contributed by atoms with Gasteiger partial charge in [-0.3, -0.25) is 4.21 Å². The Bertz CT molecular complexity index is 76.4. The smallest absolute Gasteiger partial charge is 0.0223 e. The van der Waals surface area contributed by atoms with E-state index in [0.717, 1.165) is 6.42 Å². The van der Waals surface area contributed by atoms with Crippen molar-refractivity contribution in [2.75, 3.05) is 11.6 Å². The van der Waals surface area contributed by atoms with E-state index in [-0.39, 0.29) is 5.75 Å². The minimum Gasteiger partial charge on any atom is -0.772 e. The van der Waals surface area contributed by atoms with Crippen molar-refractivity contribution >= 4 is 22.7 Å². The number of hydrogen-bond donors (Lipinski definition) is 0. The molecule has 0 saturated heterocycles. The highest BCUT2D eigenvalue weighted by Gasteiger charge is 1.84. The van der Waals surface area contributed by atoms with Crippen molar-refractivity contribution in [3.63, 3.8) is 0 Å². The van der Waals surface area contributed by atoms with E-state index in [1.54, 1.807) is 0 Å². The number of hydrogen-bond acceptors (Lipinski definition) is 2. The first kappa shape index (κ1) is 8.40. The van der Waals surface area contributed by atoms with E-state index in [1.165, 1.54) is 0 Å². The summed E-state index contributed by atoms with van der Waals surface area (Å²) in [4.78, 5) is 0. The summed E-state index contributed by atoms with van der Waals surface area (Å²) in [6.07, 6.45) is 1.47. The third-order valence-electron chi connectivity index (χ3n) is 0.695. The first-order valence-electron chi connectivity index (χ1n) is 2.39. The molecule has 1 atom stereocenters. The highest BCUT2D eigenvalue weighted by molar-refractivity contribution is 7.79. The maximum Gasteiger partial charge on any atom is 0.0223 e. The molecule has 1 unspecified atom stereocenters. The highest BCUT2D eigenvalue weighted by Crippen LogP contribution is 1.92. The zero-order valence-corrected chi connectivity index (χ0v) is 6.00. The summed E-state index contributed by atoms with van der Waals surface area (Å²) in [6.45, 7) is 0. The molecule has 0 fully saturated rings. The lowest BCUT2D eigenvalue weighted by atomic mass is 10.4. The fourth-order valence-corrected chi connectivity index (χ4v) is 0.943. The molecule has 0 aliphatic heterocycles. The monoisotopic (exact) mass is 155 g/mol. The van der Waals surface area contributed by atoms with Gasteiger partial charge in [0.05, 0.1) is 0 Å². The van der Waals surface area contributed by atoms with Crippen molar-refractivity contribution in [2.24, 2.45) is 0 Å². The number of alkyl halides is 1. The first-order chi connectivity index (χ1) is 3.77. The lowest BCUT2D eigenvalue weighted by Gasteiger charge is -2.00. The highest BCUT2D eigenvalue weighted by atomic mass is 35.5. The molecule has 0 N–H and O–H groups in total. The second-order valence-electron chi connectivity index (χ2n) is 1.40. The fraction of sp³-hybridized carbons (Fsp3) is 1.00. The van der Waals surface area contributed by atoms with Gasteiger partial charge < -0.3 is 4.55 Å². The first-order valence-corrected chi connectivity index (χ1v) is 4.17. The summed E-state index contributed by atoms with van der Waals surface area (Å²) in [5, 5.41) is 0. The molecule has 0 amide bonds. The largest absolute Gasteiger partial charge is 0.772 e. The third kappa shape index (κ3) is 6.40. The number of unbranched alkanes of at least 4 members (excludes halogenated alkanes) is 1. The molecule has 0 aliphatic carbocycles. The molecule has 2 nitrogen and oxygen atoms in total. The molecule has 0 aromatic heterocycles. The standard InChI is InChI=1S/C4H9ClO2S/c5-3-1-2-4-8(6)7/h1-4H2,(H,6,7)/p-1. The molecule has 0 radical (unpaired) electrons. The SMILES string of the molecule is O=S([O-])CCCCCl. The van der Waals surface area contributed by atoms with Crippen LogP contribution < -0.4 is 0 Å². The van der Waals surface area contributed by atoms with Gasteiger partial charge in [-0.15, -0.1) is 11.6 Å². The lowest BCUT2D eigenvalue weighted by molar-refractivity contribution is 0.534. The van der Waals surface area contributed by atoms with E-state index in [0.29, 0.717) is 12.3 Å². The summed E-state index contributed by atoms with van der Waals surface area (Å²) in [5.74, 6) is 0.796. The van der Waals surface area contributed by atoms with Gasteiger partial charge in [0.1, 0.15) is 0 Å². The molecule has 8 heavy (non-hydrogen) atoms. The molecular weight excluding hydrogens is 148 g/mol. The van der Waals surface area contributed by atoms with Crippen molar-refractivity contribution in [3.05, 3.63) is 0 Å². The van der Waals surface area contributed by atoms with Crippen LogP contribution in [0.1, 0.15) is 12.8 Å². The van der Waals surface area contributed by atoms with E-state index in [9.17, 15) is 8.76 Å². The summed E-state index contributed by atoms with van der Waals surface area (Å²) >= 11 is 3.41. The van der Waals surface area contributed by atoms with Crippen molar-refractivity contribution in [2.45, 2.75) is 12.8 Å². The van der Waals surface area contributed by atoms with Crippen LogP contribution in [-0.4, -0.2) is 20.4 Å². The Morgan fingerprint density at radius 1 is 1.50 bits per heavy atom. The molecule has 0 aromatic carbocycles. The normalized spacial score (nSPS) is 13.8. The van der Waals surface area contributed by atoms with Crippen molar-refractivity contribution in [1.82, 2.24) is 0 Å². The van der Waals surface area contributed by atoms with Gasteiger partial charge in [0.2, 0.25) is 0 Å². The quantitative estimate of drug-likeness (QED) is 0.344. The van der Waals surface area contributed by atoms with Crippen LogP contribution in [0.4, 0.5) is 0 Å². The molecule has 0 heterocycles. The summed E-state index contributed by atoms with van der Waals surface area (Å²) in [6, 6.07) is 0. The molecule has 0 rings (SSSR count). The van der Waals surface area contributed by atoms with Gasteiger partial charge in [0.15, 0.2) is 0 Å². The Hall–Kier alpha value is 0.400. The van der Waals surface area contributed by atoms with E-state index in [1.807, 2.05) is 0 Å². The van der Waals surface area contributed by atoms with Crippen LogP contribution in [0.5, 0.6) is 0 Å². The Labute approximate surface area is 56.5 Å². The minimum atomic E-state index is -1.88. The molecular formula is C4H8ClO2S-. The van der Waals surface area contributed by atoms with Crippen LogP contribution in [0.25, 0.3) is 0 Å². The van der Waals surface area contributed by atoms with Crippen LogP contribution in [0.3, 0.4) is 0 Å². The van der Waals surface area contributed by atoms with Crippen molar-refractivity contribution < 1.29 is 8.76 Å². The van der Waals surface area contributed by atoms with E-state index >= 15 is 0 Å². The number of halogens is 1. The molecule has 4 heteroatoms. The van der Waals surface area contributed by atoms with Gasteiger partial charge in [0, 0.05) is 11.6 Å². The van der Waals surface area contributed by atoms with E-state index < -0.39 is 11.1 Å². The van der Waals surface area contributed by atoms with E-state index in [2.05, 4.69) is 0 Å². The zero-order valence-electron chi connectivity index (χ0n) is 4.43. The number of rotatable bonds is 4. The average Bonchev–Trinajstić information content (AvgIpc) is 1.66. The molecule has 0 spiro atoms.